The molecule has 8 heteroatoms. The summed E-state index contributed by atoms with van der Waals surface area (Å²) >= 11 is 1.02. The molecule has 0 spiro atoms. The van der Waals surface area contributed by atoms with Gasteiger partial charge in [0.1, 0.15) is 0 Å². The summed E-state index contributed by atoms with van der Waals surface area (Å²) in [6, 6.07) is 2.99. The Hall–Kier alpha value is -1.41. The zero-order chi connectivity index (χ0) is 15.3. The van der Waals surface area contributed by atoms with E-state index in [9.17, 15) is 23.1 Å². The number of fused-ring (bicyclic) bond motifs is 1. The second-order valence-corrected chi connectivity index (χ2v) is 6.16. The Labute approximate surface area is 122 Å². The van der Waals surface area contributed by atoms with Gasteiger partial charge in [0.2, 0.25) is 0 Å². The lowest BCUT2D eigenvalue weighted by Crippen LogP contribution is -2.61. The van der Waals surface area contributed by atoms with Crippen LogP contribution in [0.1, 0.15) is 35.4 Å². The minimum atomic E-state index is -4.95. The molecule has 0 aromatic carbocycles. The Kier molecular flexibility index (Phi) is 3.32. The van der Waals surface area contributed by atoms with E-state index < -0.39 is 23.7 Å². The number of nitrogens with zero attached hydrogens (tertiary/aromatic N) is 2. The summed E-state index contributed by atoms with van der Waals surface area (Å²) in [5.74, 6) is -2.07. The van der Waals surface area contributed by atoms with E-state index in [1.54, 1.807) is 11.4 Å². The number of alkyl halides is 3. The van der Waals surface area contributed by atoms with Crippen LogP contribution < -0.4 is 0 Å². The van der Waals surface area contributed by atoms with E-state index >= 15 is 0 Å². The molecule has 2 atom stereocenters. The van der Waals surface area contributed by atoms with Gasteiger partial charge in [-0.2, -0.15) is 23.3 Å². The van der Waals surface area contributed by atoms with E-state index in [2.05, 4.69) is 5.10 Å². The number of hydrazone groups is 1. The molecule has 2 heterocycles. The van der Waals surface area contributed by atoms with Crippen LogP contribution in [0.4, 0.5) is 13.2 Å². The summed E-state index contributed by atoms with van der Waals surface area (Å²) in [5.41, 5.74) is -2.96. The predicted molar refractivity (Wildman–Crippen MR) is 70.9 cm³/mol. The van der Waals surface area contributed by atoms with Crippen LogP contribution in [0.5, 0.6) is 0 Å². The van der Waals surface area contributed by atoms with Crippen molar-refractivity contribution in [3.05, 3.63) is 22.4 Å². The highest BCUT2D eigenvalue weighted by Crippen LogP contribution is 2.48. The van der Waals surface area contributed by atoms with Gasteiger partial charge >= 0.3 is 6.18 Å². The number of rotatable bonds is 1. The van der Waals surface area contributed by atoms with E-state index in [0.29, 0.717) is 12.8 Å². The molecule has 1 aromatic rings. The SMILES string of the molecule is O=C(c1cccs1)N1N=C2CCCC[C@H]2[C@@]1(O)C(F)(F)F. The summed E-state index contributed by atoms with van der Waals surface area (Å²) in [5, 5.41) is 16.0. The largest absolute Gasteiger partial charge is 0.439 e. The van der Waals surface area contributed by atoms with Crippen molar-refractivity contribution in [2.45, 2.75) is 37.6 Å². The second kappa shape index (κ2) is 4.81. The molecule has 1 aliphatic carbocycles. The number of carbonyl (C=O) groups excluding carboxylic acids is 1. The molecule has 3 rings (SSSR count). The summed E-state index contributed by atoms with van der Waals surface area (Å²) < 4.78 is 40.4. The first kappa shape index (κ1) is 14.5. The van der Waals surface area contributed by atoms with Crippen LogP contribution >= 0.6 is 11.3 Å². The monoisotopic (exact) mass is 318 g/mol. The van der Waals surface area contributed by atoms with E-state index in [0.717, 1.165) is 17.8 Å². The topological polar surface area (TPSA) is 52.9 Å². The van der Waals surface area contributed by atoms with Gasteiger partial charge < -0.3 is 5.11 Å². The van der Waals surface area contributed by atoms with Crippen molar-refractivity contribution in [1.82, 2.24) is 5.01 Å². The van der Waals surface area contributed by atoms with Crippen molar-refractivity contribution in [3.63, 3.8) is 0 Å². The first-order chi connectivity index (χ1) is 9.85. The number of aliphatic hydroxyl groups is 1. The maximum absolute atomic E-state index is 13.5. The lowest BCUT2D eigenvalue weighted by Gasteiger charge is -2.38. The Balaban J connectivity index is 2.04. The standard InChI is InChI=1S/C13H13F3N2O2S/c14-13(15,16)12(20)8-4-1-2-5-9(8)17-18(12)11(19)10-6-3-7-21-10/h3,6-8,20H,1-2,4-5H2/t8-,12-/m1/s1. The van der Waals surface area contributed by atoms with Crippen LogP contribution in [0.25, 0.3) is 0 Å². The fourth-order valence-corrected chi connectivity index (χ4v) is 3.57. The fraction of sp³-hybridized carbons (Fsp3) is 0.538. The summed E-state index contributed by atoms with van der Waals surface area (Å²) in [6.45, 7) is 0. The summed E-state index contributed by atoms with van der Waals surface area (Å²) in [7, 11) is 0. The molecule has 0 bridgehead atoms. The smallest absolute Gasteiger partial charge is 0.362 e. The molecular weight excluding hydrogens is 305 g/mol. The normalized spacial score (nSPS) is 29.2. The lowest BCUT2D eigenvalue weighted by atomic mass is 9.80. The molecule has 114 valence electrons. The molecule has 0 unspecified atom stereocenters. The molecule has 0 radical (unpaired) electrons. The first-order valence-corrected chi connectivity index (χ1v) is 7.48. The molecule has 2 aliphatic rings. The highest BCUT2D eigenvalue weighted by molar-refractivity contribution is 7.12. The number of halogens is 3. The van der Waals surface area contributed by atoms with Crippen molar-refractivity contribution in [1.29, 1.82) is 0 Å². The van der Waals surface area contributed by atoms with Gasteiger partial charge in [0.25, 0.3) is 11.6 Å². The Morgan fingerprint density at radius 3 is 2.86 bits per heavy atom. The lowest BCUT2D eigenvalue weighted by molar-refractivity contribution is -0.312. The molecule has 1 N–H and O–H groups in total. The number of hydrogen-bond donors (Lipinski definition) is 1. The van der Waals surface area contributed by atoms with Crippen molar-refractivity contribution in [3.8, 4) is 0 Å². The molecule has 1 amide bonds. The van der Waals surface area contributed by atoms with Crippen molar-refractivity contribution >= 4 is 23.0 Å². The number of thiophene rings is 1. The van der Waals surface area contributed by atoms with Gasteiger partial charge in [0.05, 0.1) is 10.8 Å². The van der Waals surface area contributed by atoms with Crippen LogP contribution in [-0.2, 0) is 0 Å². The number of amides is 1. The van der Waals surface area contributed by atoms with E-state index in [-0.39, 0.29) is 22.0 Å². The average Bonchev–Trinajstić information content (AvgIpc) is 3.05. The van der Waals surface area contributed by atoms with Crippen molar-refractivity contribution in [2.75, 3.05) is 0 Å². The quantitative estimate of drug-likeness (QED) is 0.865. The minimum Gasteiger partial charge on any atom is -0.362 e. The van der Waals surface area contributed by atoms with Gasteiger partial charge in [-0.05, 0) is 30.7 Å². The van der Waals surface area contributed by atoms with Gasteiger partial charge in [0.15, 0.2) is 0 Å². The summed E-state index contributed by atoms with van der Waals surface area (Å²) in [4.78, 5) is 12.4. The second-order valence-electron chi connectivity index (χ2n) is 5.21. The molecular formula is C13H13F3N2O2S. The maximum atomic E-state index is 13.5. The molecule has 1 saturated carbocycles. The van der Waals surface area contributed by atoms with Gasteiger partial charge in [-0.1, -0.05) is 12.5 Å². The third-order valence-electron chi connectivity index (χ3n) is 3.96. The van der Waals surface area contributed by atoms with Crippen LogP contribution in [0, 0.1) is 5.92 Å². The Bertz CT molecular complexity index is 585. The van der Waals surface area contributed by atoms with Crippen LogP contribution in [0.2, 0.25) is 0 Å². The molecule has 4 nitrogen and oxygen atoms in total. The molecule has 1 aromatic heterocycles. The van der Waals surface area contributed by atoms with E-state index in [4.69, 9.17) is 0 Å². The molecule has 1 aliphatic heterocycles. The highest BCUT2D eigenvalue weighted by atomic mass is 32.1. The average molecular weight is 318 g/mol. The minimum absolute atomic E-state index is 0.126. The third kappa shape index (κ3) is 2.08. The third-order valence-corrected chi connectivity index (χ3v) is 4.81. The predicted octanol–water partition coefficient (Wildman–Crippen LogP) is 3.00. The van der Waals surface area contributed by atoms with E-state index in [1.807, 2.05) is 0 Å². The van der Waals surface area contributed by atoms with Gasteiger partial charge in [-0.15, -0.1) is 11.3 Å². The fourth-order valence-electron chi connectivity index (χ4n) is 2.92. The van der Waals surface area contributed by atoms with Crippen LogP contribution in [0.15, 0.2) is 22.6 Å². The van der Waals surface area contributed by atoms with Gasteiger partial charge in [-0.25, -0.2) is 0 Å². The zero-order valence-corrected chi connectivity index (χ0v) is 11.7. The molecule has 21 heavy (non-hydrogen) atoms. The van der Waals surface area contributed by atoms with Crippen LogP contribution in [-0.4, -0.2) is 33.6 Å². The summed E-state index contributed by atoms with van der Waals surface area (Å²) in [6.07, 6.45) is -3.07. The first-order valence-electron chi connectivity index (χ1n) is 6.60. The Morgan fingerprint density at radius 1 is 1.48 bits per heavy atom. The van der Waals surface area contributed by atoms with Crippen molar-refractivity contribution < 1.29 is 23.1 Å². The maximum Gasteiger partial charge on any atom is 0.439 e. The zero-order valence-electron chi connectivity index (χ0n) is 10.9. The number of carbonyl (C=O) groups is 1. The molecule has 1 fully saturated rings. The highest BCUT2D eigenvalue weighted by Gasteiger charge is 2.68. The Morgan fingerprint density at radius 2 is 2.24 bits per heavy atom. The van der Waals surface area contributed by atoms with Gasteiger partial charge in [-0.3, -0.25) is 4.79 Å². The van der Waals surface area contributed by atoms with Gasteiger partial charge in [0, 0.05) is 5.71 Å². The number of hydrogen-bond acceptors (Lipinski definition) is 4. The molecule has 0 saturated heterocycles. The van der Waals surface area contributed by atoms with Crippen molar-refractivity contribution in [2.24, 2.45) is 11.0 Å². The van der Waals surface area contributed by atoms with Crippen LogP contribution in [0.3, 0.4) is 0 Å². The van der Waals surface area contributed by atoms with E-state index in [1.165, 1.54) is 6.07 Å².